The number of nitrogens with zero attached hydrogens (tertiary/aromatic N) is 1. The number of alkyl halides is 6. The van der Waals surface area contributed by atoms with Gasteiger partial charge >= 0.3 is 12.5 Å². The van der Waals surface area contributed by atoms with Crippen molar-refractivity contribution in [1.82, 2.24) is 10.2 Å². The molecular formula is C27H31F6N3O4. The fourth-order valence-corrected chi connectivity index (χ4v) is 4.12. The van der Waals surface area contributed by atoms with Crippen molar-refractivity contribution in [2.24, 2.45) is 5.92 Å². The van der Waals surface area contributed by atoms with Gasteiger partial charge in [0.25, 0.3) is 0 Å². The lowest BCUT2D eigenvalue weighted by atomic mass is 9.92. The van der Waals surface area contributed by atoms with Gasteiger partial charge in [0.1, 0.15) is 5.75 Å². The molecule has 3 rings (SSSR count). The Morgan fingerprint density at radius 3 is 2.08 bits per heavy atom. The van der Waals surface area contributed by atoms with Crippen LogP contribution in [0.2, 0.25) is 0 Å². The highest BCUT2D eigenvalue weighted by Crippen LogP contribution is 2.31. The van der Waals surface area contributed by atoms with Crippen LogP contribution in [0, 0.1) is 5.92 Å². The normalized spacial score (nSPS) is 15.9. The molecule has 2 N–H and O–H groups in total. The fourth-order valence-electron chi connectivity index (χ4n) is 4.12. The van der Waals surface area contributed by atoms with E-state index >= 15 is 0 Å². The van der Waals surface area contributed by atoms with Crippen LogP contribution in [0.5, 0.6) is 5.75 Å². The van der Waals surface area contributed by atoms with Crippen LogP contribution >= 0.6 is 0 Å². The Hall–Kier alpha value is -3.48. The van der Waals surface area contributed by atoms with Gasteiger partial charge in [-0.25, -0.2) is 0 Å². The summed E-state index contributed by atoms with van der Waals surface area (Å²) in [5.41, 5.74) is -0.121. The van der Waals surface area contributed by atoms with Gasteiger partial charge in [0.15, 0.2) is 0 Å². The molecule has 0 spiro atoms. The Balaban J connectivity index is 1.73. The lowest BCUT2D eigenvalue weighted by molar-refractivity contribution is -0.274. The van der Waals surface area contributed by atoms with Crippen LogP contribution in [0.25, 0.3) is 0 Å². The van der Waals surface area contributed by atoms with Crippen molar-refractivity contribution in [2.45, 2.75) is 44.8 Å². The largest absolute Gasteiger partial charge is 0.573 e. The van der Waals surface area contributed by atoms with E-state index in [1.165, 1.54) is 24.3 Å². The van der Waals surface area contributed by atoms with Crippen LogP contribution in [0.15, 0.2) is 48.5 Å². The summed E-state index contributed by atoms with van der Waals surface area (Å²) in [6.45, 7) is 5.30. The SMILES string of the molecule is CC(C)[C@@H](CNc1ccc(OC(F)(F)F)cc1)NC(=O)[C@H](CC(=O)N1CCOCC1)c1ccc(C(F)(F)F)cc1. The maximum absolute atomic E-state index is 13.5. The van der Waals surface area contributed by atoms with E-state index in [9.17, 15) is 35.9 Å². The number of carbonyl (C=O) groups is 2. The predicted octanol–water partition coefficient (Wildman–Crippen LogP) is 5.19. The van der Waals surface area contributed by atoms with E-state index in [0.717, 1.165) is 24.3 Å². The van der Waals surface area contributed by atoms with Gasteiger partial charge in [-0.2, -0.15) is 13.2 Å². The summed E-state index contributed by atoms with van der Waals surface area (Å²) in [6.07, 6.45) is -9.60. The Morgan fingerprint density at radius 1 is 0.950 bits per heavy atom. The Kier molecular flexibility index (Phi) is 10.3. The first-order valence-electron chi connectivity index (χ1n) is 12.7. The lowest BCUT2D eigenvalue weighted by Gasteiger charge is -2.30. The first-order valence-corrected chi connectivity index (χ1v) is 12.7. The second-order valence-corrected chi connectivity index (χ2v) is 9.68. The van der Waals surface area contributed by atoms with Gasteiger partial charge in [-0.3, -0.25) is 9.59 Å². The number of carbonyl (C=O) groups excluding carboxylic acids is 2. The third-order valence-corrected chi connectivity index (χ3v) is 6.45. The summed E-state index contributed by atoms with van der Waals surface area (Å²) < 4.78 is 85.6. The molecule has 1 fully saturated rings. The van der Waals surface area contributed by atoms with E-state index in [-0.39, 0.29) is 36.1 Å². The Labute approximate surface area is 227 Å². The highest BCUT2D eigenvalue weighted by molar-refractivity contribution is 5.90. The summed E-state index contributed by atoms with van der Waals surface area (Å²) in [5.74, 6) is -2.37. The highest BCUT2D eigenvalue weighted by atomic mass is 19.4. The molecule has 2 aromatic carbocycles. The van der Waals surface area contributed by atoms with Crippen LogP contribution in [0.3, 0.4) is 0 Å². The maximum Gasteiger partial charge on any atom is 0.573 e. The summed E-state index contributed by atoms with van der Waals surface area (Å²) in [4.78, 5) is 28.0. The molecule has 1 aliphatic rings. The van der Waals surface area contributed by atoms with Gasteiger partial charge in [-0.05, 0) is 47.9 Å². The number of anilines is 1. The van der Waals surface area contributed by atoms with Crippen LogP contribution < -0.4 is 15.4 Å². The monoisotopic (exact) mass is 575 g/mol. The van der Waals surface area contributed by atoms with E-state index in [0.29, 0.717) is 32.0 Å². The summed E-state index contributed by atoms with van der Waals surface area (Å²) >= 11 is 0. The van der Waals surface area contributed by atoms with Crippen molar-refractivity contribution in [2.75, 3.05) is 38.2 Å². The highest BCUT2D eigenvalue weighted by Gasteiger charge is 2.33. The van der Waals surface area contributed by atoms with E-state index < -0.39 is 36.0 Å². The van der Waals surface area contributed by atoms with Gasteiger partial charge in [0, 0.05) is 37.8 Å². The minimum Gasteiger partial charge on any atom is -0.406 e. The number of amides is 2. The van der Waals surface area contributed by atoms with Crippen LogP contribution in [0.4, 0.5) is 32.0 Å². The number of halogens is 6. The van der Waals surface area contributed by atoms with E-state index in [2.05, 4.69) is 15.4 Å². The Bertz CT molecular complexity index is 1120. The summed E-state index contributed by atoms with van der Waals surface area (Å²) in [5, 5.41) is 5.94. The van der Waals surface area contributed by atoms with Crippen molar-refractivity contribution in [1.29, 1.82) is 0 Å². The lowest BCUT2D eigenvalue weighted by Crippen LogP contribution is -2.47. The maximum atomic E-state index is 13.5. The van der Waals surface area contributed by atoms with E-state index in [4.69, 9.17) is 4.74 Å². The van der Waals surface area contributed by atoms with Gasteiger partial charge in [0.2, 0.25) is 11.8 Å². The first-order chi connectivity index (χ1) is 18.7. The molecule has 2 atom stereocenters. The number of rotatable bonds is 10. The molecule has 7 nitrogen and oxygen atoms in total. The number of benzene rings is 2. The molecule has 40 heavy (non-hydrogen) atoms. The third-order valence-electron chi connectivity index (χ3n) is 6.45. The second-order valence-electron chi connectivity index (χ2n) is 9.68. The zero-order chi connectivity index (χ0) is 29.5. The standard InChI is InChI=1S/C27H31F6N3O4/c1-17(2)23(16-34-20-7-9-21(10-8-20)40-27(31,32)33)35-25(38)22(15-24(37)36-11-13-39-14-12-36)18-3-5-19(6-4-18)26(28,29)30/h3-10,17,22-23,34H,11-16H2,1-2H3,(H,35,38)/t22-,23-/m1/s1. The molecule has 0 aliphatic carbocycles. The molecule has 0 radical (unpaired) electrons. The van der Waals surface area contributed by atoms with Crippen molar-refractivity contribution in [3.05, 3.63) is 59.7 Å². The number of ether oxygens (including phenoxy) is 2. The molecule has 0 unspecified atom stereocenters. The molecule has 220 valence electrons. The van der Waals surface area contributed by atoms with Gasteiger partial charge in [-0.1, -0.05) is 26.0 Å². The number of morpholine rings is 1. The summed E-state index contributed by atoms with van der Waals surface area (Å²) in [7, 11) is 0. The minimum absolute atomic E-state index is 0.104. The molecular weight excluding hydrogens is 544 g/mol. The van der Waals surface area contributed by atoms with Crippen molar-refractivity contribution in [3.63, 3.8) is 0 Å². The molecule has 1 aliphatic heterocycles. The molecule has 1 saturated heterocycles. The number of nitrogens with one attached hydrogen (secondary N) is 2. The number of hydrogen-bond acceptors (Lipinski definition) is 5. The zero-order valence-electron chi connectivity index (χ0n) is 21.9. The molecule has 2 aromatic rings. The van der Waals surface area contributed by atoms with E-state index in [1.54, 1.807) is 4.90 Å². The third kappa shape index (κ3) is 9.32. The quantitative estimate of drug-likeness (QED) is 0.382. The molecule has 2 amide bonds. The van der Waals surface area contributed by atoms with Crippen LogP contribution in [-0.4, -0.2) is 62.0 Å². The van der Waals surface area contributed by atoms with Crippen molar-refractivity contribution in [3.8, 4) is 5.75 Å². The van der Waals surface area contributed by atoms with Crippen LogP contribution in [-0.2, 0) is 20.5 Å². The van der Waals surface area contributed by atoms with Gasteiger partial charge in [-0.15, -0.1) is 13.2 Å². The first kappa shape index (κ1) is 31.1. The van der Waals surface area contributed by atoms with Gasteiger partial charge in [0.05, 0.1) is 24.7 Å². The minimum atomic E-state index is -4.81. The molecule has 0 bridgehead atoms. The smallest absolute Gasteiger partial charge is 0.406 e. The molecule has 13 heteroatoms. The molecule has 0 aromatic heterocycles. The van der Waals surface area contributed by atoms with Crippen molar-refractivity contribution >= 4 is 17.5 Å². The van der Waals surface area contributed by atoms with Crippen molar-refractivity contribution < 1.29 is 45.4 Å². The van der Waals surface area contributed by atoms with Crippen LogP contribution in [0.1, 0.15) is 37.3 Å². The van der Waals surface area contributed by atoms with Gasteiger partial charge < -0.3 is 25.0 Å². The zero-order valence-corrected chi connectivity index (χ0v) is 21.9. The molecule has 0 saturated carbocycles. The topological polar surface area (TPSA) is 79.9 Å². The van der Waals surface area contributed by atoms with E-state index in [1.807, 2.05) is 13.8 Å². The average molecular weight is 576 g/mol. The average Bonchev–Trinajstić information content (AvgIpc) is 2.89. The second kappa shape index (κ2) is 13.2. The summed E-state index contributed by atoms with van der Waals surface area (Å²) in [6, 6.07) is 8.77. The molecule has 1 heterocycles. The number of hydrogen-bond donors (Lipinski definition) is 2. The predicted molar refractivity (Wildman–Crippen MR) is 135 cm³/mol. The fraction of sp³-hybridized carbons (Fsp3) is 0.481. The Morgan fingerprint density at radius 2 is 1.55 bits per heavy atom.